The van der Waals surface area contributed by atoms with E-state index in [4.69, 9.17) is 22.1 Å². The van der Waals surface area contributed by atoms with Crippen molar-refractivity contribution in [1.82, 2.24) is 5.32 Å². The number of nitrogens with two attached hydrogens (primary N) is 1. The van der Waals surface area contributed by atoms with Crippen LogP contribution in [0.3, 0.4) is 0 Å². The van der Waals surface area contributed by atoms with Gasteiger partial charge >= 0.3 is 0 Å². The molecule has 114 valence electrons. The van der Waals surface area contributed by atoms with Crippen LogP contribution in [0.4, 0.5) is 0 Å². The molecule has 1 aromatic carbocycles. The molecule has 0 saturated carbocycles. The summed E-state index contributed by atoms with van der Waals surface area (Å²) in [6.45, 7) is 4.73. The van der Waals surface area contributed by atoms with Crippen LogP contribution in [-0.4, -0.2) is 24.6 Å². The number of carbonyl (C=O) groups is 1. The number of hydrogen-bond acceptors (Lipinski definition) is 3. The lowest BCUT2D eigenvalue weighted by atomic mass is 9.92. The molecule has 0 spiro atoms. The zero-order valence-corrected chi connectivity index (χ0v) is 13.2. The van der Waals surface area contributed by atoms with Gasteiger partial charge in [0.25, 0.3) is 5.91 Å². The Kier molecular flexibility index (Phi) is 4.91. The fourth-order valence-electron chi connectivity index (χ4n) is 2.37. The highest BCUT2D eigenvalue weighted by Gasteiger charge is 2.28. The Hall–Kier alpha value is -1.52. The van der Waals surface area contributed by atoms with Gasteiger partial charge in [-0.1, -0.05) is 25.4 Å². The second-order valence-corrected chi connectivity index (χ2v) is 5.72. The normalized spacial score (nSPS) is 14.0. The maximum Gasteiger partial charge on any atom is 0.251 e. The highest BCUT2D eigenvalue weighted by Crippen LogP contribution is 2.29. The first kappa shape index (κ1) is 15.9. The van der Waals surface area contributed by atoms with Crippen molar-refractivity contribution < 1.29 is 9.53 Å². The van der Waals surface area contributed by atoms with Crippen LogP contribution in [0.2, 0.25) is 5.02 Å². The lowest BCUT2D eigenvalue weighted by Gasteiger charge is -2.32. The minimum Gasteiger partial charge on any atom is -0.488 e. The van der Waals surface area contributed by atoms with Crippen LogP contribution in [0.1, 0.15) is 32.3 Å². The zero-order chi connectivity index (χ0) is 15.5. The van der Waals surface area contributed by atoms with Gasteiger partial charge in [-0.05, 0) is 37.1 Å². The predicted octanol–water partition coefficient (Wildman–Crippen LogP) is 2.75. The summed E-state index contributed by atoms with van der Waals surface area (Å²) in [5, 5.41) is 3.67. The van der Waals surface area contributed by atoms with Crippen molar-refractivity contribution in [3.63, 3.8) is 0 Å². The minimum atomic E-state index is -0.355. The number of benzene rings is 1. The van der Waals surface area contributed by atoms with Crippen molar-refractivity contribution in [3.8, 4) is 5.75 Å². The Bertz CT molecular complexity index is 557. The van der Waals surface area contributed by atoms with Crippen molar-refractivity contribution in [2.24, 2.45) is 5.73 Å². The largest absolute Gasteiger partial charge is 0.488 e. The standard InChI is InChI=1S/C16H21ClN2O2/c1-3-16(4-2,10-18)19-15(20)12-7-11-8-13(17)5-6-14(11)21-9-12/h5-8H,3-4,9-10,18H2,1-2H3,(H,19,20). The highest BCUT2D eigenvalue weighted by atomic mass is 35.5. The van der Waals surface area contributed by atoms with Gasteiger partial charge in [0, 0.05) is 17.1 Å². The molecule has 1 aliphatic rings. The summed E-state index contributed by atoms with van der Waals surface area (Å²) in [5.74, 6) is 0.613. The number of ether oxygens (including phenoxy) is 1. The summed E-state index contributed by atoms with van der Waals surface area (Å²) in [5.41, 5.74) is 6.88. The highest BCUT2D eigenvalue weighted by molar-refractivity contribution is 6.30. The van der Waals surface area contributed by atoms with E-state index < -0.39 is 0 Å². The number of hydrogen-bond donors (Lipinski definition) is 2. The Morgan fingerprint density at radius 2 is 2.14 bits per heavy atom. The van der Waals surface area contributed by atoms with E-state index in [9.17, 15) is 4.79 Å². The third-order valence-corrected chi connectivity index (χ3v) is 4.33. The second-order valence-electron chi connectivity index (χ2n) is 5.29. The average Bonchev–Trinajstić information content (AvgIpc) is 2.51. The molecular formula is C16H21ClN2O2. The smallest absolute Gasteiger partial charge is 0.251 e. The molecule has 3 N–H and O–H groups in total. The topological polar surface area (TPSA) is 64.3 Å². The van der Waals surface area contributed by atoms with E-state index in [-0.39, 0.29) is 18.1 Å². The monoisotopic (exact) mass is 308 g/mol. The number of halogens is 1. The predicted molar refractivity (Wildman–Crippen MR) is 85.4 cm³/mol. The van der Waals surface area contributed by atoms with Crippen molar-refractivity contribution in [2.75, 3.05) is 13.2 Å². The molecule has 2 rings (SSSR count). The Balaban J connectivity index is 2.21. The second kappa shape index (κ2) is 6.50. The third kappa shape index (κ3) is 3.39. The van der Waals surface area contributed by atoms with Gasteiger partial charge in [0.1, 0.15) is 12.4 Å². The van der Waals surface area contributed by atoms with Gasteiger partial charge in [-0.2, -0.15) is 0 Å². The molecule has 4 nitrogen and oxygen atoms in total. The number of fused-ring (bicyclic) bond motifs is 1. The summed E-state index contributed by atoms with van der Waals surface area (Å²) < 4.78 is 5.61. The van der Waals surface area contributed by atoms with E-state index in [0.717, 1.165) is 24.2 Å². The molecule has 0 fully saturated rings. The molecule has 5 heteroatoms. The number of nitrogens with one attached hydrogen (secondary N) is 1. The molecule has 0 unspecified atom stereocenters. The van der Waals surface area contributed by atoms with Gasteiger partial charge in [0.15, 0.2) is 0 Å². The van der Waals surface area contributed by atoms with E-state index in [0.29, 0.717) is 17.1 Å². The van der Waals surface area contributed by atoms with Crippen molar-refractivity contribution in [1.29, 1.82) is 0 Å². The van der Waals surface area contributed by atoms with Crippen LogP contribution in [0.15, 0.2) is 23.8 Å². The summed E-state index contributed by atoms with van der Waals surface area (Å²) in [7, 11) is 0. The Labute approximate surface area is 130 Å². The molecule has 21 heavy (non-hydrogen) atoms. The zero-order valence-electron chi connectivity index (χ0n) is 12.4. The van der Waals surface area contributed by atoms with Gasteiger partial charge in [-0.15, -0.1) is 0 Å². The van der Waals surface area contributed by atoms with Crippen LogP contribution in [0.5, 0.6) is 5.75 Å². The molecule has 1 aromatic rings. The molecule has 0 radical (unpaired) electrons. The lowest BCUT2D eigenvalue weighted by Crippen LogP contribution is -2.53. The van der Waals surface area contributed by atoms with E-state index in [1.54, 1.807) is 12.1 Å². The molecule has 1 aliphatic heterocycles. The van der Waals surface area contributed by atoms with E-state index in [2.05, 4.69) is 5.32 Å². The molecule has 0 aliphatic carbocycles. The Morgan fingerprint density at radius 1 is 1.43 bits per heavy atom. The molecule has 1 amide bonds. The van der Waals surface area contributed by atoms with Crippen LogP contribution in [0, 0.1) is 0 Å². The maximum absolute atomic E-state index is 12.4. The maximum atomic E-state index is 12.4. The summed E-state index contributed by atoms with van der Waals surface area (Å²) in [4.78, 5) is 12.4. The van der Waals surface area contributed by atoms with Crippen molar-refractivity contribution >= 4 is 23.6 Å². The van der Waals surface area contributed by atoms with Crippen LogP contribution in [-0.2, 0) is 4.79 Å². The van der Waals surface area contributed by atoms with E-state index >= 15 is 0 Å². The van der Waals surface area contributed by atoms with Gasteiger partial charge < -0.3 is 15.8 Å². The minimum absolute atomic E-state index is 0.130. The van der Waals surface area contributed by atoms with Gasteiger partial charge in [0.2, 0.25) is 0 Å². The number of amides is 1. The van der Waals surface area contributed by atoms with E-state index in [1.807, 2.05) is 26.0 Å². The third-order valence-electron chi connectivity index (χ3n) is 4.10. The number of rotatable bonds is 5. The van der Waals surface area contributed by atoms with E-state index in [1.165, 1.54) is 0 Å². The van der Waals surface area contributed by atoms with Gasteiger partial charge in [0.05, 0.1) is 11.1 Å². The average molecular weight is 309 g/mol. The molecule has 0 saturated heterocycles. The first-order valence-corrected chi connectivity index (χ1v) is 7.57. The van der Waals surface area contributed by atoms with Crippen LogP contribution >= 0.6 is 11.6 Å². The molecule has 1 heterocycles. The summed E-state index contributed by atoms with van der Waals surface area (Å²) >= 11 is 5.98. The fourth-order valence-corrected chi connectivity index (χ4v) is 2.55. The number of carbonyl (C=O) groups excluding carboxylic acids is 1. The van der Waals surface area contributed by atoms with Gasteiger partial charge in [-0.3, -0.25) is 4.79 Å². The molecule has 0 aromatic heterocycles. The van der Waals surface area contributed by atoms with Gasteiger partial charge in [-0.25, -0.2) is 0 Å². The first-order chi connectivity index (χ1) is 10.0. The lowest BCUT2D eigenvalue weighted by molar-refractivity contribution is -0.119. The quantitative estimate of drug-likeness (QED) is 0.879. The first-order valence-electron chi connectivity index (χ1n) is 7.19. The molecule has 0 atom stereocenters. The molecule has 0 bridgehead atoms. The fraction of sp³-hybridized carbons (Fsp3) is 0.438. The summed E-state index contributed by atoms with van der Waals surface area (Å²) in [6, 6.07) is 5.37. The summed E-state index contributed by atoms with van der Waals surface area (Å²) in [6.07, 6.45) is 3.41. The van der Waals surface area contributed by atoms with Crippen LogP contribution in [0.25, 0.3) is 6.08 Å². The Morgan fingerprint density at radius 3 is 2.76 bits per heavy atom. The van der Waals surface area contributed by atoms with Crippen LogP contribution < -0.4 is 15.8 Å². The van der Waals surface area contributed by atoms with Crippen molar-refractivity contribution in [3.05, 3.63) is 34.4 Å². The van der Waals surface area contributed by atoms with Crippen molar-refractivity contribution in [2.45, 2.75) is 32.2 Å². The SMILES string of the molecule is CCC(CC)(CN)NC(=O)C1=Cc2cc(Cl)ccc2OC1. The molecular weight excluding hydrogens is 288 g/mol.